The van der Waals surface area contributed by atoms with E-state index in [1.807, 2.05) is 19.1 Å². The highest BCUT2D eigenvalue weighted by Gasteiger charge is 2.28. The summed E-state index contributed by atoms with van der Waals surface area (Å²) in [4.78, 5) is 0.341. The van der Waals surface area contributed by atoms with Crippen molar-refractivity contribution in [2.45, 2.75) is 31.3 Å². The summed E-state index contributed by atoms with van der Waals surface area (Å²) in [7, 11) is -3.41. The molecule has 1 aliphatic rings. The second kappa shape index (κ2) is 6.56. The van der Waals surface area contributed by atoms with Gasteiger partial charge in [0.25, 0.3) is 0 Å². The molecule has 0 bridgehead atoms. The van der Waals surface area contributed by atoms with Crippen molar-refractivity contribution in [3.8, 4) is 0 Å². The van der Waals surface area contributed by atoms with Gasteiger partial charge in [-0.05, 0) is 37.6 Å². The van der Waals surface area contributed by atoms with Gasteiger partial charge in [0.05, 0.1) is 17.6 Å². The zero-order valence-electron chi connectivity index (χ0n) is 12.0. The lowest BCUT2D eigenvalue weighted by Crippen LogP contribution is -2.44. The molecule has 0 aromatic heterocycles. The van der Waals surface area contributed by atoms with Gasteiger partial charge in [0.2, 0.25) is 10.0 Å². The van der Waals surface area contributed by atoms with Crippen LogP contribution in [0.3, 0.4) is 0 Å². The number of hydrogen-bond donors (Lipinski definition) is 1. The van der Waals surface area contributed by atoms with Crippen LogP contribution in [0.25, 0.3) is 0 Å². The van der Waals surface area contributed by atoms with Crippen molar-refractivity contribution in [2.75, 3.05) is 31.6 Å². The molecule has 5 nitrogen and oxygen atoms in total. The standard InChI is InChI=1S/C14H22N2O3S/c1-3-8-15-13-4-6-14(7-5-13)20(17,18)16-9-10-19-12(2)11-16/h4-7,12,15H,3,8-11H2,1-2H3. The highest BCUT2D eigenvalue weighted by atomic mass is 32.2. The van der Waals surface area contributed by atoms with Gasteiger partial charge in [0.1, 0.15) is 0 Å². The summed E-state index contributed by atoms with van der Waals surface area (Å²) < 4.78 is 31.9. The Kier molecular flexibility index (Phi) is 5.01. The van der Waals surface area contributed by atoms with Crippen molar-refractivity contribution in [1.29, 1.82) is 0 Å². The first kappa shape index (κ1) is 15.3. The van der Waals surface area contributed by atoms with E-state index in [0.717, 1.165) is 18.7 Å². The topological polar surface area (TPSA) is 58.6 Å². The van der Waals surface area contributed by atoms with Gasteiger partial charge in [-0.3, -0.25) is 0 Å². The molecule has 0 spiro atoms. The normalized spacial score (nSPS) is 20.8. The molecule has 112 valence electrons. The van der Waals surface area contributed by atoms with E-state index in [9.17, 15) is 8.42 Å². The van der Waals surface area contributed by atoms with Crippen LogP contribution in [0.5, 0.6) is 0 Å². The van der Waals surface area contributed by atoms with Crippen LogP contribution in [0.4, 0.5) is 5.69 Å². The lowest BCUT2D eigenvalue weighted by Gasteiger charge is -2.30. The SMILES string of the molecule is CCCNc1ccc(S(=O)(=O)N2CCOC(C)C2)cc1. The fourth-order valence-electron chi connectivity index (χ4n) is 2.17. The lowest BCUT2D eigenvalue weighted by atomic mass is 10.3. The van der Waals surface area contributed by atoms with E-state index in [0.29, 0.717) is 24.6 Å². The van der Waals surface area contributed by atoms with E-state index in [2.05, 4.69) is 12.2 Å². The third-order valence-corrected chi connectivity index (χ3v) is 5.15. The minimum absolute atomic E-state index is 0.0518. The molecule has 1 unspecified atom stereocenters. The third kappa shape index (κ3) is 3.50. The van der Waals surface area contributed by atoms with Gasteiger partial charge >= 0.3 is 0 Å². The number of morpholine rings is 1. The van der Waals surface area contributed by atoms with Gasteiger partial charge < -0.3 is 10.1 Å². The smallest absolute Gasteiger partial charge is 0.243 e. The van der Waals surface area contributed by atoms with E-state index in [-0.39, 0.29) is 6.10 Å². The number of ether oxygens (including phenoxy) is 1. The van der Waals surface area contributed by atoms with Crippen LogP contribution in [0.2, 0.25) is 0 Å². The monoisotopic (exact) mass is 298 g/mol. The van der Waals surface area contributed by atoms with Gasteiger partial charge in [-0.1, -0.05) is 6.92 Å². The summed E-state index contributed by atoms with van der Waals surface area (Å²) in [5.74, 6) is 0. The Morgan fingerprint density at radius 2 is 2.05 bits per heavy atom. The molecule has 1 aromatic rings. The first-order valence-corrected chi connectivity index (χ1v) is 8.43. The quantitative estimate of drug-likeness (QED) is 0.902. The summed E-state index contributed by atoms with van der Waals surface area (Å²) >= 11 is 0. The molecular formula is C14H22N2O3S. The predicted molar refractivity (Wildman–Crippen MR) is 79.4 cm³/mol. The van der Waals surface area contributed by atoms with Crippen molar-refractivity contribution in [3.63, 3.8) is 0 Å². The highest BCUT2D eigenvalue weighted by Crippen LogP contribution is 2.20. The second-order valence-corrected chi connectivity index (χ2v) is 6.93. The summed E-state index contributed by atoms with van der Waals surface area (Å²) in [6.45, 7) is 6.15. The Labute approximate surface area is 121 Å². The number of hydrogen-bond acceptors (Lipinski definition) is 4. The lowest BCUT2D eigenvalue weighted by molar-refractivity contribution is 0.0102. The fraction of sp³-hybridized carbons (Fsp3) is 0.571. The predicted octanol–water partition coefficient (Wildman–Crippen LogP) is 1.92. The zero-order valence-corrected chi connectivity index (χ0v) is 12.8. The van der Waals surface area contributed by atoms with Gasteiger partial charge in [0, 0.05) is 25.3 Å². The zero-order chi connectivity index (χ0) is 14.6. The Balaban J connectivity index is 2.12. The second-order valence-electron chi connectivity index (χ2n) is 5.00. The molecule has 6 heteroatoms. The van der Waals surface area contributed by atoms with Crippen LogP contribution in [0.15, 0.2) is 29.2 Å². The maximum atomic E-state index is 12.5. The molecule has 20 heavy (non-hydrogen) atoms. The molecule has 2 rings (SSSR count). The third-order valence-electron chi connectivity index (χ3n) is 3.28. The molecule has 0 aliphatic carbocycles. The average molecular weight is 298 g/mol. The maximum Gasteiger partial charge on any atom is 0.243 e. The van der Waals surface area contributed by atoms with Crippen molar-refractivity contribution in [2.24, 2.45) is 0 Å². The van der Waals surface area contributed by atoms with Crippen LogP contribution in [0, 0.1) is 0 Å². The van der Waals surface area contributed by atoms with Crippen LogP contribution < -0.4 is 5.32 Å². The summed E-state index contributed by atoms with van der Waals surface area (Å²) in [5.41, 5.74) is 0.946. The van der Waals surface area contributed by atoms with Gasteiger partial charge in [-0.25, -0.2) is 8.42 Å². The number of rotatable bonds is 5. The number of nitrogens with zero attached hydrogens (tertiary/aromatic N) is 1. The fourth-order valence-corrected chi connectivity index (χ4v) is 3.67. The van der Waals surface area contributed by atoms with Crippen molar-refractivity contribution < 1.29 is 13.2 Å². The minimum atomic E-state index is -3.41. The van der Waals surface area contributed by atoms with Crippen molar-refractivity contribution >= 4 is 15.7 Å². The molecular weight excluding hydrogens is 276 g/mol. The molecule has 1 aliphatic heterocycles. The van der Waals surface area contributed by atoms with Crippen molar-refractivity contribution in [3.05, 3.63) is 24.3 Å². The first-order chi connectivity index (χ1) is 9.54. The molecule has 1 fully saturated rings. The van der Waals surface area contributed by atoms with Crippen LogP contribution in [-0.4, -0.2) is 45.1 Å². The van der Waals surface area contributed by atoms with E-state index in [1.54, 1.807) is 12.1 Å². The molecule has 1 N–H and O–H groups in total. The molecule has 1 heterocycles. The molecule has 0 amide bonds. The largest absolute Gasteiger partial charge is 0.385 e. The molecule has 1 atom stereocenters. The van der Waals surface area contributed by atoms with E-state index in [1.165, 1.54) is 4.31 Å². The Bertz CT molecular complexity index is 528. The maximum absolute atomic E-state index is 12.5. The van der Waals surface area contributed by atoms with Gasteiger partial charge in [0.15, 0.2) is 0 Å². The van der Waals surface area contributed by atoms with Crippen molar-refractivity contribution in [1.82, 2.24) is 4.31 Å². The Morgan fingerprint density at radius 1 is 1.35 bits per heavy atom. The number of benzene rings is 1. The number of sulfonamides is 1. The van der Waals surface area contributed by atoms with Crippen LogP contribution >= 0.6 is 0 Å². The first-order valence-electron chi connectivity index (χ1n) is 6.99. The van der Waals surface area contributed by atoms with E-state index in [4.69, 9.17) is 4.74 Å². The summed E-state index contributed by atoms with van der Waals surface area (Å²) in [6, 6.07) is 6.94. The highest BCUT2D eigenvalue weighted by molar-refractivity contribution is 7.89. The number of anilines is 1. The van der Waals surface area contributed by atoms with E-state index < -0.39 is 10.0 Å². The van der Waals surface area contributed by atoms with E-state index >= 15 is 0 Å². The summed E-state index contributed by atoms with van der Waals surface area (Å²) in [6.07, 6.45) is 0.982. The number of nitrogens with one attached hydrogen (secondary N) is 1. The van der Waals surface area contributed by atoms with Crippen LogP contribution in [-0.2, 0) is 14.8 Å². The van der Waals surface area contributed by atoms with Crippen LogP contribution in [0.1, 0.15) is 20.3 Å². The molecule has 0 radical (unpaired) electrons. The molecule has 0 saturated carbocycles. The molecule has 1 aromatic carbocycles. The summed E-state index contributed by atoms with van der Waals surface area (Å²) in [5, 5.41) is 3.23. The van der Waals surface area contributed by atoms with Gasteiger partial charge in [-0.15, -0.1) is 0 Å². The van der Waals surface area contributed by atoms with Gasteiger partial charge in [-0.2, -0.15) is 4.31 Å². The minimum Gasteiger partial charge on any atom is -0.385 e. The Morgan fingerprint density at radius 3 is 2.65 bits per heavy atom. The average Bonchev–Trinajstić information content (AvgIpc) is 2.45. The Hall–Kier alpha value is -1.11. The molecule has 1 saturated heterocycles.